The summed E-state index contributed by atoms with van der Waals surface area (Å²) in [5, 5.41) is 18.7. The lowest BCUT2D eigenvalue weighted by molar-refractivity contribution is -0.129. The van der Waals surface area contributed by atoms with Crippen molar-refractivity contribution in [2.24, 2.45) is 0 Å². The number of methoxy groups -OCH3 is 1. The maximum Gasteiger partial charge on any atom is 0.267 e. The first kappa shape index (κ1) is 32.3. The predicted octanol–water partition coefficient (Wildman–Crippen LogP) is 3.66. The number of thioether (sulfide) groups is 1. The Labute approximate surface area is 258 Å². The number of hydrogen-bond donors (Lipinski definition) is 2. The molecule has 0 spiro atoms. The fraction of sp³-hybridized carbons (Fsp3) is 0.500. The lowest BCUT2D eigenvalue weighted by Gasteiger charge is -2.22. The van der Waals surface area contributed by atoms with Crippen molar-refractivity contribution in [3.05, 3.63) is 52.6 Å². The Bertz CT molecular complexity index is 1420. The zero-order valence-corrected chi connectivity index (χ0v) is 26.4. The van der Waals surface area contributed by atoms with Gasteiger partial charge in [0.15, 0.2) is 0 Å². The maximum atomic E-state index is 13.5. The number of hydrogen-bond acceptors (Lipinski definition) is 8. The van der Waals surface area contributed by atoms with E-state index in [0.29, 0.717) is 49.9 Å². The number of likely N-dealkylation sites (N-methyl/N-ethyl adjacent to an activating group) is 1. The van der Waals surface area contributed by atoms with Gasteiger partial charge < -0.3 is 30.1 Å². The molecule has 43 heavy (non-hydrogen) atoms. The molecule has 1 atom stereocenters. The molecule has 4 rings (SSSR count). The van der Waals surface area contributed by atoms with Gasteiger partial charge in [-0.25, -0.2) is 0 Å². The zero-order chi connectivity index (χ0) is 31.0. The molecule has 0 unspecified atom stereocenters. The van der Waals surface area contributed by atoms with E-state index in [4.69, 9.17) is 4.74 Å². The van der Waals surface area contributed by atoms with Crippen LogP contribution in [0.25, 0.3) is 10.8 Å². The number of benzene rings is 2. The number of nitrogens with zero attached hydrogens (tertiary/aromatic N) is 4. The number of ether oxygens (including phenoxy) is 1. The Morgan fingerprint density at radius 2 is 1.86 bits per heavy atom. The monoisotopic (exact) mass is 606 g/mol. The van der Waals surface area contributed by atoms with E-state index in [-0.39, 0.29) is 17.4 Å². The second-order valence-electron chi connectivity index (χ2n) is 11.0. The first-order valence-corrected chi connectivity index (χ1v) is 15.8. The summed E-state index contributed by atoms with van der Waals surface area (Å²) in [6.45, 7) is 11.0. The van der Waals surface area contributed by atoms with E-state index in [9.17, 15) is 19.6 Å². The van der Waals surface area contributed by atoms with Crippen LogP contribution in [0.5, 0.6) is 0 Å². The Hall–Kier alpha value is -3.59. The molecule has 0 bridgehead atoms. The molecule has 0 aromatic heterocycles. The van der Waals surface area contributed by atoms with E-state index in [1.165, 1.54) is 29.5 Å². The molecule has 2 aromatic carbocycles. The number of nitriles is 1. The molecule has 10 nitrogen and oxygen atoms in total. The molecule has 0 aliphatic carbocycles. The molecule has 2 N–H and O–H groups in total. The van der Waals surface area contributed by atoms with Gasteiger partial charge in [0.25, 0.3) is 11.8 Å². The summed E-state index contributed by atoms with van der Waals surface area (Å²) in [4.78, 5) is 45.0. The fourth-order valence-corrected chi connectivity index (χ4v) is 6.75. The van der Waals surface area contributed by atoms with Crippen LogP contribution in [0.1, 0.15) is 44.0 Å². The number of nitrogens with one attached hydrogen (secondary N) is 2. The average Bonchev–Trinajstić information content (AvgIpc) is 3.62. The lowest BCUT2D eigenvalue weighted by atomic mass is 10.1. The molecule has 3 amide bonds. The Morgan fingerprint density at radius 3 is 2.53 bits per heavy atom. The maximum absolute atomic E-state index is 13.5. The largest absolute Gasteiger partial charge is 0.383 e. The minimum Gasteiger partial charge on any atom is -0.383 e. The molecule has 2 heterocycles. The van der Waals surface area contributed by atoms with Crippen molar-refractivity contribution in [3.63, 3.8) is 0 Å². The van der Waals surface area contributed by atoms with Crippen LogP contribution in [0.2, 0.25) is 0 Å². The number of carbonyl (C=O) groups is 3. The van der Waals surface area contributed by atoms with Crippen molar-refractivity contribution in [1.29, 1.82) is 5.26 Å². The first-order chi connectivity index (χ1) is 20.7. The van der Waals surface area contributed by atoms with Gasteiger partial charge in [-0.1, -0.05) is 23.9 Å². The van der Waals surface area contributed by atoms with Gasteiger partial charge in [-0.3, -0.25) is 14.4 Å². The number of amides is 3. The minimum absolute atomic E-state index is 0.0246. The van der Waals surface area contributed by atoms with Gasteiger partial charge in [0.2, 0.25) is 5.91 Å². The molecular formula is C32H42N6O4S. The Balaban J connectivity index is 1.44. The normalized spacial score (nSPS) is 19.9. The third-order valence-corrected chi connectivity index (χ3v) is 9.39. The highest BCUT2D eigenvalue weighted by molar-refractivity contribution is 8.05. The van der Waals surface area contributed by atoms with E-state index in [1.54, 1.807) is 12.0 Å². The molecule has 0 radical (unpaired) electrons. The number of likely N-dealkylation sites (tertiary alicyclic amines) is 1. The van der Waals surface area contributed by atoms with E-state index < -0.39 is 10.7 Å². The van der Waals surface area contributed by atoms with Crippen LogP contribution in [0.3, 0.4) is 0 Å². The summed E-state index contributed by atoms with van der Waals surface area (Å²) in [7, 11) is 1.56. The van der Waals surface area contributed by atoms with Gasteiger partial charge in [-0.2, -0.15) is 5.26 Å². The Kier molecular flexibility index (Phi) is 11.1. The van der Waals surface area contributed by atoms with Crippen molar-refractivity contribution in [1.82, 2.24) is 20.0 Å². The predicted molar refractivity (Wildman–Crippen MR) is 171 cm³/mol. The second-order valence-corrected chi connectivity index (χ2v) is 12.5. The molecule has 2 saturated heterocycles. The van der Waals surface area contributed by atoms with Crippen molar-refractivity contribution >= 4 is 45.9 Å². The first-order valence-electron chi connectivity index (χ1n) is 15.0. The van der Waals surface area contributed by atoms with Crippen LogP contribution >= 0.6 is 11.8 Å². The summed E-state index contributed by atoms with van der Waals surface area (Å²) < 4.78 is 4.20. The van der Waals surface area contributed by atoms with Crippen LogP contribution in [-0.2, 0) is 14.3 Å². The highest BCUT2D eigenvalue weighted by atomic mass is 32.2. The van der Waals surface area contributed by atoms with Gasteiger partial charge in [-0.15, -0.1) is 0 Å². The highest BCUT2D eigenvalue weighted by Crippen LogP contribution is 2.45. The molecule has 2 aromatic rings. The Morgan fingerprint density at radius 1 is 1.14 bits per heavy atom. The average molecular weight is 607 g/mol. The zero-order valence-electron chi connectivity index (χ0n) is 25.6. The standard InChI is InChI=1S/C32H42N6O4S/c1-5-37(17-18-42-4)29(40)27(21-33)30-38(6-2)31(41)32(3,43-30)22-35-26-12-11-23-19-25(10-9-24(23)20-26)28(39)34-13-16-36-14-7-8-15-36/h9-12,19-20,35H,5-8,13-18,22H2,1-4H3,(H,34,39)/b30-27-/t32-/m0/s1. The lowest BCUT2D eigenvalue weighted by Crippen LogP contribution is -2.41. The SMILES string of the molecule is CCN(CCOC)C(=O)/C(C#N)=C1\S[C@@](C)(CNc2ccc3cc(C(=O)NCCN4CCCC4)ccc3c2)C(=O)N1CC. The smallest absolute Gasteiger partial charge is 0.267 e. The highest BCUT2D eigenvalue weighted by Gasteiger charge is 2.48. The number of carbonyl (C=O) groups excluding carboxylic acids is 3. The van der Waals surface area contributed by atoms with Gasteiger partial charge in [-0.05, 0) is 81.7 Å². The summed E-state index contributed by atoms with van der Waals surface area (Å²) in [6.07, 6.45) is 2.46. The quantitative estimate of drug-likeness (QED) is 0.262. The summed E-state index contributed by atoms with van der Waals surface area (Å²) in [6, 6.07) is 13.6. The van der Waals surface area contributed by atoms with Crippen LogP contribution in [0.4, 0.5) is 5.69 Å². The molecule has 2 fully saturated rings. The molecule has 11 heteroatoms. The van der Waals surface area contributed by atoms with Crippen LogP contribution < -0.4 is 10.6 Å². The molecular weight excluding hydrogens is 564 g/mol. The minimum atomic E-state index is -0.913. The molecule has 2 aliphatic rings. The fourth-order valence-electron chi connectivity index (χ4n) is 5.43. The number of rotatable bonds is 13. The van der Waals surface area contributed by atoms with Crippen molar-refractivity contribution in [3.8, 4) is 6.07 Å². The topological polar surface area (TPSA) is 118 Å². The number of fused-ring (bicyclic) bond motifs is 1. The van der Waals surface area contributed by atoms with Crippen molar-refractivity contribution in [2.45, 2.75) is 38.4 Å². The van der Waals surface area contributed by atoms with Gasteiger partial charge >= 0.3 is 0 Å². The summed E-state index contributed by atoms with van der Waals surface area (Å²) in [5.41, 5.74) is 1.43. The van der Waals surface area contributed by atoms with Crippen LogP contribution in [-0.4, -0.2) is 103 Å². The van der Waals surface area contributed by atoms with Crippen LogP contribution in [0.15, 0.2) is 47.0 Å². The molecule has 230 valence electrons. The second kappa shape index (κ2) is 14.7. The van der Waals surface area contributed by atoms with E-state index >= 15 is 0 Å². The van der Waals surface area contributed by atoms with E-state index in [1.807, 2.05) is 57.2 Å². The van der Waals surface area contributed by atoms with Crippen molar-refractivity contribution < 1.29 is 19.1 Å². The van der Waals surface area contributed by atoms with E-state index in [2.05, 4.69) is 21.6 Å². The van der Waals surface area contributed by atoms with Crippen LogP contribution in [0, 0.1) is 11.3 Å². The van der Waals surface area contributed by atoms with Gasteiger partial charge in [0.05, 0.1) is 6.61 Å². The third-order valence-electron chi connectivity index (χ3n) is 8.00. The van der Waals surface area contributed by atoms with E-state index in [0.717, 1.165) is 36.1 Å². The summed E-state index contributed by atoms with van der Waals surface area (Å²) in [5.74, 6) is -0.625. The number of anilines is 1. The summed E-state index contributed by atoms with van der Waals surface area (Å²) >= 11 is 1.25. The van der Waals surface area contributed by atoms with Gasteiger partial charge in [0.1, 0.15) is 21.4 Å². The van der Waals surface area contributed by atoms with Crippen molar-refractivity contribution in [2.75, 3.05) is 71.4 Å². The molecule has 2 aliphatic heterocycles. The van der Waals surface area contributed by atoms with Gasteiger partial charge in [0, 0.05) is 57.6 Å². The molecule has 0 saturated carbocycles. The third kappa shape index (κ3) is 7.50.